The fraction of sp³-hybridized carbons (Fsp3) is 0.710. The topological polar surface area (TPSA) is 3.88 Å². The van der Waals surface area contributed by atoms with Gasteiger partial charge in [-0.1, -0.05) is 102 Å². The van der Waals surface area contributed by atoms with Crippen LogP contribution in [-0.2, 0) is 13.0 Å². The summed E-state index contributed by atoms with van der Waals surface area (Å²) < 4.78 is 2.63. The molecular formula is C31H52ClN. The smallest absolute Gasteiger partial charge is 0.189 e. The minimum atomic E-state index is 0. The molecule has 188 valence electrons. The van der Waals surface area contributed by atoms with Gasteiger partial charge in [0.25, 0.3) is 0 Å². The highest BCUT2D eigenvalue weighted by molar-refractivity contribution is 5.64. The van der Waals surface area contributed by atoms with E-state index in [4.69, 9.17) is 0 Å². The molecule has 2 heterocycles. The van der Waals surface area contributed by atoms with Crippen LogP contribution in [0, 0.1) is 13.8 Å². The molecule has 2 rings (SSSR count). The van der Waals surface area contributed by atoms with Gasteiger partial charge in [-0.25, -0.2) is 0 Å². The first-order valence-corrected chi connectivity index (χ1v) is 14.1. The minimum absolute atomic E-state index is 0. The normalized spacial score (nSPS) is 13.6. The lowest BCUT2D eigenvalue weighted by Gasteiger charge is -2.19. The van der Waals surface area contributed by atoms with E-state index >= 15 is 0 Å². The summed E-state index contributed by atoms with van der Waals surface area (Å²) in [7, 11) is 0. The van der Waals surface area contributed by atoms with Gasteiger partial charge in [0, 0.05) is 30.9 Å². The van der Waals surface area contributed by atoms with E-state index in [0.717, 1.165) is 0 Å². The molecule has 0 fully saturated rings. The summed E-state index contributed by atoms with van der Waals surface area (Å²) in [6.45, 7) is 10.5. The second-order valence-corrected chi connectivity index (χ2v) is 10.0. The Balaban J connectivity index is 0.00000544. The van der Waals surface area contributed by atoms with E-state index in [-0.39, 0.29) is 12.4 Å². The van der Waals surface area contributed by atoms with Crippen molar-refractivity contribution in [3.8, 4) is 0 Å². The van der Waals surface area contributed by atoms with E-state index in [9.17, 15) is 0 Å². The highest BCUT2D eigenvalue weighted by Gasteiger charge is 2.26. The maximum absolute atomic E-state index is 2.63. The second-order valence-electron chi connectivity index (χ2n) is 10.0. The van der Waals surface area contributed by atoms with E-state index in [1.54, 1.807) is 5.69 Å². The highest BCUT2D eigenvalue weighted by atomic mass is 35.5. The third kappa shape index (κ3) is 10.4. The van der Waals surface area contributed by atoms with Crippen LogP contribution in [-0.4, -0.2) is 0 Å². The quantitative estimate of drug-likeness (QED) is 0.191. The molecule has 0 amide bonds. The summed E-state index contributed by atoms with van der Waals surface area (Å²) in [6, 6.07) is 0. The van der Waals surface area contributed by atoms with E-state index in [0.29, 0.717) is 0 Å². The average molecular weight is 474 g/mol. The van der Waals surface area contributed by atoms with E-state index in [1.165, 1.54) is 138 Å². The van der Waals surface area contributed by atoms with Crippen LogP contribution < -0.4 is 17.0 Å². The average Bonchev–Trinajstić information content (AvgIpc) is 2.81. The Morgan fingerprint density at radius 3 is 1.76 bits per heavy atom. The van der Waals surface area contributed by atoms with Crippen molar-refractivity contribution >= 4 is 12.2 Å². The number of hydrogen-bond acceptors (Lipinski definition) is 0. The van der Waals surface area contributed by atoms with Gasteiger partial charge in [-0.15, -0.1) is 0 Å². The Morgan fingerprint density at radius 1 is 0.667 bits per heavy atom. The molecule has 0 atom stereocenters. The van der Waals surface area contributed by atoms with Crippen molar-refractivity contribution < 1.29 is 17.0 Å². The molecule has 0 spiro atoms. The second kappa shape index (κ2) is 18.3. The number of rotatable bonds is 16. The fourth-order valence-corrected chi connectivity index (χ4v) is 5.21. The fourth-order valence-electron chi connectivity index (χ4n) is 5.21. The van der Waals surface area contributed by atoms with Gasteiger partial charge in [0.1, 0.15) is 6.54 Å². The van der Waals surface area contributed by atoms with Gasteiger partial charge in [0.05, 0.1) is 0 Å². The van der Waals surface area contributed by atoms with Gasteiger partial charge in [0.2, 0.25) is 0 Å². The number of nitrogens with zero attached hydrogens (tertiary/aromatic N) is 1. The molecule has 0 aromatic carbocycles. The van der Waals surface area contributed by atoms with Crippen LogP contribution in [0.1, 0.15) is 145 Å². The number of allylic oxidation sites excluding steroid dienone is 2. The van der Waals surface area contributed by atoms with Crippen LogP contribution >= 0.6 is 0 Å². The Morgan fingerprint density at radius 2 is 1.18 bits per heavy atom. The molecule has 1 aromatic rings. The highest BCUT2D eigenvalue weighted by Crippen LogP contribution is 2.26. The largest absolute Gasteiger partial charge is 1.00 e. The molecule has 1 aliphatic heterocycles. The molecule has 1 aliphatic rings. The maximum Gasteiger partial charge on any atom is 0.189 e. The van der Waals surface area contributed by atoms with Crippen molar-refractivity contribution in [2.75, 3.05) is 0 Å². The lowest BCUT2D eigenvalue weighted by Crippen LogP contribution is -3.00. The predicted molar refractivity (Wildman–Crippen MR) is 143 cm³/mol. The zero-order valence-corrected chi connectivity index (χ0v) is 23.1. The van der Waals surface area contributed by atoms with Crippen LogP contribution in [0.5, 0.6) is 0 Å². The van der Waals surface area contributed by atoms with Crippen LogP contribution in [0.25, 0.3) is 12.2 Å². The van der Waals surface area contributed by atoms with E-state index < -0.39 is 0 Å². The Labute approximate surface area is 212 Å². The monoisotopic (exact) mass is 473 g/mol. The van der Waals surface area contributed by atoms with Crippen molar-refractivity contribution in [1.29, 1.82) is 0 Å². The number of fused-ring (bicyclic) bond motifs is 1. The molecule has 0 aliphatic carbocycles. The Kier molecular flexibility index (Phi) is 16.6. The van der Waals surface area contributed by atoms with Crippen molar-refractivity contribution in [3.05, 3.63) is 40.2 Å². The molecule has 2 heteroatoms. The first-order chi connectivity index (χ1) is 15.7. The third-order valence-electron chi connectivity index (χ3n) is 7.30. The van der Waals surface area contributed by atoms with Crippen LogP contribution in [0.3, 0.4) is 0 Å². The molecule has 0 saturated heterocycles. The van der Waals surface area contributed by atoms with E-state index in [2.05, 4.69) is 56.6 Å². The van der Waals surface area contributed by atoms with Crippen molar-refractivity contribution in [3.63, 3.8) is 0 Å². The molecule has 1 aromatic heterocycles. The number of unbranched alkanes of at least 4 members (excludes halogenated alkanes) is 12. The number of pyridine rings is 1. The standard InChI is InChI=1S/C31H52N.ClH/c1-5-7-9-11-13-15-17-19-23-29-27(3)30(24-20-18-16-14-12-10-8-6-2)31-25-21-22-26-32(31)28(29)4;/h19-20,23-24H,5-18,21-22,25-26H2,1-4H3;1H/q+1;/p-1/b23-19-,24-20-;. The van der Waals surface area contributed by atoms with E-state index in [1.807, 2.05) is 0 Å². The third-order valence-corrected chi connectivity index (χ3v) is 7.30. The van der Waals surface area contributed by atoms with Crippen molar-refractivity contribution in [1.82, 2.24) is 0 Å². The lowest BCUT2D eigenvalue weighted by atomic mass is 9.93. The van der Waals surface area contributed by atoms with Crippen LogP contribution in [0.2, 0.25) is 0 Å². The molecule has 0 unspecified atom stereocenters. The summed E-state index contributed by atoms with van der Waals surface area (Å²) in [4.78, 5) is 0. The molecule has 1 nitrogen and oxygen atoms in total. The van der Waals surface area contributed by atoms with Gasteiger partial charge >= 0.3 is 0 Å². The Bertz CT molecular complexity index is 716. The van der Waals surface area contributed by atoms with Crippen LogP contribution in [0.15, 0.2) is 12.2 Å². The maximum atomic E-state index is 2.63. The summed E-state index contributed by atoms with van der Waals surface area (Å²) in [6.07, 6.45) is 32.7. The number of hydrogen-bond donors (Lipinski definition) is 0. The lowest BCUT2D eigenvalue weighted by molar-refractivity contribution is -0.715. The molecule has 0 radical (unpaired) electrons. The number of halogens is 1. The van der Waals surface area contributed by atoms with Gasteiger partial charge in [-0.3, -0.25) is 0 Å². The molecule has 0 bridgehead atoms. The van der Waals surface area contributed by atoms with Gasteiger partial charge in [0.15, 0.2) is 11.4 Å². The van der Waals surface area contributed by atoms with Gasteiger partial charge in [-0.05, 0) is 44.6 Å². The zero-order chi connectivity index (χ0) is 23.0. The van der Waals surface area contributed by atoms with Crippen molar-refractivity contribution in [2.45, 2.75) is 143 Å². The van der Waals surface area contributed by atoms with Crippen LogP contribution in [0.4, 0.5) is 0 Å². The van der Waals surface area contributed by atoms with Gasteiger partial charge < -0.3 is 12.4 Å². The SMILES string of the molecule is CCCCCCCC/C=C\c1c(C)c(/C=C\CCCCCCCC)c2[n+](c1C)CCCC2.[Cl-]. The minimum Gasteiger partial charge on any atom is -1.00 e. The first kappa shape index (κ1) is 30.0. The summed E-state index contributed by atoms with van der Waals surface area (Å²) in [5, 5.41) is 0. The van der Waals surface area contributed by atoms with Crippen molar-refractivity contribution in [2.24, 2.45) is 0 Å². The summed E-state index contributed by atoms with van der Waals surface area (Å²) in [5.41, 5.74) is 7.54. The Hall–Kier alpha value is -1.08. The molecule has 0 N–H and O–H groups in total. The predicted octanol–water partition coefficient (Wildman–Crippen LogP) is 6.46. The zero-order valence-electron chi connectivity index (χ0n) is 22.4. The summed E-state index contributed by atoms with van der Waals surface area (Å²) >= 11 is 0. The number of aromatic nitrogens is 1. The summed E-state index contributed by atoms with van der Waals surface area (Å²) in [5.74, 6) is 0. The molecule has 33 heavy (non-hydrogen) atoms. The first-order valence-electron chi connectivity index (χ1n) is 14.1. The molecule has 0 saturated carbocycles. The molecular weight excluding hydrogens is 422 g/mol. The van der Waals surface area contributed by atoms with Gasteiger partial charge in [-0.2, -0.15) is 4.57 Å².